The monoisotopic (exact) mass is 226 g/mol. The zero-order chi connectivity index (χ0) is 12.0. The first-order valence-electron chi connectivity index (χ1n) is 7.16. The van der Waals surface area contributed by atoms with E-state index >= 15 is 0 Å². The van der Waals surface area contributed by atoms with E-state index in [0.717, 1.165) is 18.5 Å². The fourth-order valence-corrected chi connectivity index (χ4v) is 2.96. The molecule has 1 saturated carbocycles. The van der Waals surface area contributed by atoms with E-state index < -0.39 is 0 Å². The van der Waals surface area contributed by atoms with E-state index in [1.165, 1.54) is 38.8 Å². The first-order chi connectivity index (χ1) is 7.69. The van der Waals surface area contributed by atoms with E-state index in [1.54, 1.807) is 0 Å². The van der Waals surface area contributed by atoms with E-state index in [2.05, 4.69) is 37.9 Å². The summed E-state index contributed by atoms with van der Waals surface area (Å²) < 4.78 is 0. The quantitative estimate of drug-likeness (QED) is 0.718. The summed E-state index contributed by atoms with van der Waals surface area (Å²) >= 11 is 0. The Balaban J connectivity index is 2.48. The number of hydrogen-bond donors (Lipinski definition) is 1. The van der Waals surface area contributed by atoms with Crippen molar-refractivity contribution in [1.82, 2.24) is 10.2 Å². The summed E-state index contributed by atoms with van der Waals surface area (Å²) in [6.07, 6.45) is 5.77. The van der Waals surface area contributed by atoms with Crippen LogP contribution in [0.1, 0.15) is 53.4 Å². The van der Waals surface area contributed by atoms with Gasteiger partial charge in [0.2, 0.25) is 0 Å². The molecule has 2 heteroatoms. The molecular formula is C14H30N2. The Morgan fingerprint density at radius 3 is 2.25 bits per heavy atom. The van der Waals surface area contributed by atoms with Crippen LogP contribution < -0.4 is 5.32 Å². The van der Waals surface area contributed by atoms with Crippen LogP contribution >= 0.6 is 0 Å². The topological polar surface area (TPSA) is 15.3 Å². The molecule has 0 bridgehead atoms. The fraction of sp³-hybridized carbons (Fsp3) is 1.00. The summed E-state index contributed by atoms with van der Waals surface area (Å²) in [4.78, 5) is 2.59. The molecule has 1 aliphatic carbocycles. The predicted octanol–water partition coefficient (Wildman–Crippen LogP) is 2.89. The smallest absolute Gasteiger partial charge is 0.0223 e. The lowest BCUT2D eigenvalue weighted by molar-refractivity contribution is 0.182. The van der Waals surface area contributed by atoms with Gasteiger partial charge in [-0.2, -0.15) is 0 Å². The Bertz CT molecular complexity index is 174. The second-order valence-corrected chi connectivity index (χ2v) is 5.39. The summed E-state index contributed by atoms with van der Waals surface area (Å²) in [6, 6.07) is 1.39. The lowest BCUT2D eigenvalue weighted by atomic mass is 9.97. The van der Waals surface area contributed by atoms with Gasteiger partial charge in [-0.1, -0.05) is 26.7 Å². The van der Waals surface area contributed by atoms with E-state index in [0.29, 0.717) is 6.04 Å². The predicted molar refractivity (Wildman–Crippen MR) is 71.8 cm³/mol. The molecule has 1 rings (SSSR count). The highest BCUT2D eigenvalue weighted by molar-refractivity contribution is 4.83. The average molecular weight is 226 g/mol. The largest absolute Gasteiger partial charge is 0.313 e. The molecule has 2 nitrogen and oxygen atoms in total. The molecule has 0 aromatic rings. The van der Waals surface area contributed by atoms with Gasteiger partial charge in [0.1, 0.15) is 0 Å². The molecule has 1 unspecified atom stereocenters. The second kappa shape index (κ2) is 7.29. The zero-order valence-electron chi connectivity index (χ0n) is 11.6. The van der Waals surface area contributed by atoms with Crippen molar-refractivity contribution in [2.75, 3.05) is 19.6 Å². The summed E-state index contributed by atoms with van der Waals surface area (Å²) in [5.41, 5.74) is 0. The van der Waals surface area contributed by atoms with E-state index in [1.807, 2.05) is 0 Å². The first-order valence-corrected chi connectivity index (χ1v) is 7.16. The fourth-order valence-electron chi connectivity index (χ4n) is 2.96. The van der Waals surface area contributed by atoms with Gasteiger partial charge in [0, 0.05) is 18.6 Å². The van der Waals surface area contributed by atoms with Crippen LogP contribution in [0.2, 0.25) is 0 Å². The van der Waals surface area contributed by atoms with Gasteiger partial charge in [-0.15, -0.1) is 0 Å². The summed E-state index contributed by atoms with van der Waals surface area (Å²) in [5, 5.41) is 3.70. The van der Waals surface area contributed by atoms with E-state index in [-0.39, 0.29) is 0 Å². The van der Waals surface area contributed by atoms with Crippen molar-refractivity contribution in [2.24, 2.45) is 5.92 Å². The van der Waals surface area contributed by atoms with Crippen LogP contribution in [0.4, 0.5) is 0 Å². The molecule has 0 aromatic carbocycles. The van der Waals surface area contributed by atoms with Crippen molar-refractivity contribution in [3.63, 3.8) is 0 Å². The van der Waals surface area contributed by atoms with Crippen LogP contribution in [0.3, 0.4) is 0 Å². The third kappa shape index (κ3) is 4.06. The standard InChI is InChI=1S/C14H30N2/c1-5-15-14(13-9-7-8-10-13)11-16(6-2)12(3)4/h12-15H,5-11H2,1-4H3. The minimum Gasteiger partial charge on any atom is -0.313 e. The molecule has 1 N–H and O–H groups in total. The van der Waals surface area contributed by atoms with Crippen LogP contribution in [0.5, 0.6) is 0 Å². The van der Waals surface area contributed by atoms with Crippen LogP contribution in [-0.4, -0.2) is 36.6 Å². The molecule has 0 spiro atoms. The number of likely N-dealkylation sites (N-methyl/N-ethyl adjacent to an activating group) is 2. The van der Waals surface area contributed by atoms with Gasteiger partial charge in [0.25, 0.3) is 0 Å². The van der Waals surface area contributed by atoms with Gasteiger partial charge in [0.15, 0.2) is 0 Å². The van der Waals surface area contributed by atoms with Gasteiger partial charge in [-0.05, 0) is 45.7 Å². The molecule has 1 fully saturated rings. The molecule has 1 atom stereocenters. The maximum absolute atomic E-state index is 3.70. The van der Waals surface area contributed by atoms with E-state index in [4.69, 9.17) is 0 Å². The van der Waals surface area contributed by atoms with Crippen molar-refractivity contribution in [2.45, 2.75) is 65.5 Å². The molecule has 0 saturated heterocycles. The summed E-state index contributed by atoms with van der Waals surface area (Å²) in [7, 11) is 0. The number of nitrogens with one attached hydrogen (secondary N) is 1. The number of rotatable bonds is 7. The molecule has 0 aliphatic heterocycles. The van der Waals surface area contributed by atoms with Crippen LogP contribution in [-0.2, 0) is 0 Å². The highest BCUT2D eigenvalue weighted by atomic mass is 15.2. The van der Waals surface area contributed by atoms with Crippen molar-refractivity contribution in [1.29, 1.82) is 0 Å². The molecule has 0 heterocycles. The van der Waals surface area contributed by atoms with Crippen molar-refractivity contribution >= 4 is 0 Å². The van der Waals surface area contributed by atoms with Crippen molar-refractivity contribution in [3.8, 4) is 0 Å². The summed E-state index contributed by atoms with van der Waals surface area (Å²) in [6.45, 7) is 12.6. The maximum atomic E-state index is 3.70. The molecule has 96 valence electrons. The number of hydrogen-bond acceptors (Lipinski definition) is 2. The van der Waals surface area contributed by atoms with Crippen LogP contribution in [0.25, 0.3) is 0 Å². The Hall–Kier alpha value is -0.0800. The molecule has 0 aromatic heterocycles. The van der Waals surface area contributed by atoms with Gasteiger partial charge in [-0.25, -0.2) is 0 Å². The van der Waals surface area contributed by atoms with Crippen molar-refractivity contribution < 1.29 is 0 Å². The molecular weight excluding hydrogens is 196 g/mol. The minimum atomic E-state index is 0.674. The third-order valence-corrected chi connectivity index (χ3v) is 4.00. The Kier molecular flexibility index (Phi) is 6.37. The maximum Gasteiger partial charge on any atom is 0.0223 e. The second-order valence-electron chi connectivity index (χ2n) is 5.39. The first kappa shape index (κ1) is 14.0. The molecule has 0 amide bonds. The Morgan fingerprint density at radius 2 is 1.81 bits per heavy atom. The average Bonchev–Trinajstić information content (AvgIpc) is 2.76. The van der Waals surface area contributed by atoms with Gasteiger partial charge < -0.3 is 5.32 Å². The minimum absolute atomic E-state index is 0.674. The van der Waals surface area contributed by atoms with Crippen LogP contribution in [0, 0.1) is 5.92 Å². The lowest BCUT2D eigenvalue weighted by Crippen LogP contribution is -2.47. The Labute approximate surface area is 102 Å². The van der Waals surface area contributed by atoms with Gasteiger partial charge >= 0.3 is 0 Å². The normalized spacial score (nSPS) is 19.9. The van der Waals surface area contributed by atoms with Gasteiger partial charge in [-0.3, -0.25) is 4.90 Å². The van der Waals surface area contributed by atoms with E-state index in [9.17, 15) is 0 Å². The third-order valence-electron chi connectivity index (χ3n) is 4.00. The lowest BCUT2D eigenvalue weighted by Gasteiger charge is -2.33. The highest BCUT2D eigenvalue weighted by Gasteiger charge is 2.26. The van der Waals surface area contributed by atoms with Gasteiger partial charge in [0.05, 0.1) is 0 Å². The SMILES string of the molecule is CCNC(CN(CC)C(C)C)C1CCCC1. The van der Waals surface area contributed by atoms with Crippen LogP contribution in [0.15, 0.2) is 0 Å². The molecule has 0 radical (unpaired) electrons. The molecule has 16 heavy (non-hydrogen) atoms. The number of nitrogens with zero attached hydrogens (tertiary/aromatic N) is 1. The Morgan fingerprint density at radius 1 is 1.19 bits per heavy atom. The van der Waals surface area contributed by atoms with Crippen molar-refractivity contribution in [3.05, 3.63) is 0 Å². The summed E-state index contributed by atoms with van der Waals surface area (Å²) in [5.74, 6) is 0.924. The zero-order valence-corrected chi connectivity index (χ0v) is 11.6. The highest BCUT2D eigenvalue weighted by Crippen LogP contribution is 2.28. The molecule has 1 aliphatic rings.